The molecule has 0 saturated heterocycles. The number of oxazole rings is 1. The summed E-state index contributed by atoms with van der Waals surface area (Å²) in [6.45, 7) is 3.01. The quantitative estimate of drug-likeness (QED) is 0.810. The topological polar surface area (TPSA) is 65.5 Å². The molecule has 0 N–H and O–H groups in total. The van der Waals surface area contributed by atoms with Crippen molar-refractivity contribution in [2.75, 3.05) is 6.61 Å². The summed E-state index contributed by atoms with van der Waals surface area (Å²) in [6, 6.07) is 1.54. The zero-order valence-electron chi connectivity index (χ0n) is 10.6. The molecule has 8 heteroatoms. The maximum Gasteiger partial charge on any atom is 0.437 e. The first-order chi connectivity index (χ1) is 9.34. The van der Waals surface area contributed by atoms with Crippen LogP contribution in [0.1, 0.15) is 28.7 Å². The second-order valence-corrected chi connectivity index (χ2v) is 3.85. The molecule has 0 spiro atoms. The minimum atomic E-state index is -4.83. The van der Waals surface area contributed by atoms with E-state index in [0.29, 0.717) is 5.56 Å². The van der Waals surface area contributed by atoms with Crippen molar-refractivity contribution in [3.63, 3.8) is 0 Å². The number of rotatable bonds is 3. The number of carbonyl (C=O) groups excluding carboxylic acids is 1. The van der Waals surface area contributed by atoms with Gasteiger partial charge in [0, 0.05) is 5.56 Å². The minimum Gasteiger partial charge on any atom is -0.460 e. The molecule has 0 aliphatic carbocycles. The lowest BCUT2D eigenvalue weighted by molar-refractivity contribution is -0.141. The fraction of sp³-hybridized carbons (Fsp3) is 0.333. The highest BCUT2D eigenvalue weighted by molar-refractivity contribution is 5.88. The van der Waals surface area contributed by atoms with Crippen LogP contribution in [0, 0.1) is 6.92 Å². The van der Waals surface area contributed by atoms with E-state index >= 15 is 0 Å². The Balaban J connectivity index is 2.53. The fourth-order valence-corrected chi connectivity index (χ4v) is 1.54. The van der Waals surface area contributed by atoms with Gasteiger partial charge in [-0.05, 0) is 19.9 Å². The molecule has 0 aromatic carbocycles. The lowest BCUT2D eigenvalue weighted by atomic mass is 10.3. The number of aromatic nitrogens is 1. The summed E-state index contributed by atoms with van der Waals surface area (Å²) >= 11 is 0. The van der Waals surface area contributed by atoms with Crippen LogP contribution in [0.2, 0.25) is 0 Å². The summed E-state index contributed by atoms with van der Waals surface area (Å²) in [5.41, 5.74) is -0.892. The molecule has 0 aliphatic rings. The first-order valence-corrected chi connectivity index (χ1v) is 5.64. The van der Waals surface area contributed by atoms with E-state index < -0.39 is 29.5 Å². The van der Waals surface area contributed by atoms with Gasteiger partial charge in [0.05, 0.1) is 12.9 Å². The van der Waals surface area contributed by atoms with Gasteiger partial charge in [-0.1, -0.05) is 0 Å². The number of hydrogen-bond donors (Lipinski definition) is 0. The van der Waals surface area contributed by atoms with Gasteiger partial charge in [-0.3, -0.25) is 0 Å². The molecule has 2 aromatic heterocycles. The second-order valence-electron chi connectivity index (χ2n) is 3.85. The summed E-state index contributed by atoms with van der Waals surface area (Å²) in [5, 5.41) is 0. The van der Waals surface area contributed by atoms with Crippen molar-refractivity contribution in [2.45, 2.75) is 20.0 Å². The van der Waals surface area contributed by atoms with Crippen molar-refractivity contribution in [3.05, 3.63) is 29.3 Å². The van der Waals surface area contributed by atoms with Crippen LogP contribution in [0.25, 0.3) is 11.7 Å². The van der Waals surface area contributed by atoms with Gasteiger partial charge in [-0.2, -0.15) is 13.2 Å². The number of aryl methyl sites for hydroxylation is 1. The van der Waals surface area contributed by atoms with Gasteiger partial charge in [-0.25, -0.2) is 9.78 Å². The smallest absolute Gasteiger partial charge is 0.437 e. The van der Waals surface area contributed by atoms with E-state index in [4.69, 9.17) is 8.83 Å². The lowest BCUT2D eigenvalue weighted by Crippen LogP contribution is -2.14. The number of furan rings is 1. The van der Waals surface area contributed by atoms with E-state index in [1.54, 1.807) is 6.92 Å². The molecule has 20 heavy (non-hydrogen) atoms. The molecule has 2 heterocycles. The zero-order valence-corrected chi connectivity index (χ0v) is 10.6. The number of nitrogens with zero attached hydrogens (tertiary/aromatic N) is 1. The predicted molar refractivity (Wildman–Crippen MR) is 59.9 cm³/mol. The fourth-order valence-electron chi connectivity index (χ4n) is 1.54. The molecule has 0 unspecified atom stereocenters. The van der Waals surface area contributed by atoms with Crippen LogP contribution in [0.4, 0.5) is 13.2 Å². The van der Waals surface area contributed by atoms with Crippen LogP contribution in [-0.4, -0.2) is 17.6 Å². The molecular weight excluding hydrogens is 279 g/mol. The third-order valence-corrected chi connectivity index (χ3v) is 2.41. The first kappa shape index (κ1) is 14.2. The molecule has 2 aromatic rings. The van der Waals surface area contributed by atoms with Gasteiger partial charge in [0.15, 0.2) is 11.5 Å². The molecule has 0 aliphatic heterocycles. The van der Waals surface area contributed by atoms with Crippen LogP contribution < -0.4 is 0 Å². The van der Waals surface area contributed by atoms with Crippen molar-refractivity contribution in [3.8, 4) is 11.7 Å². The number of esters is 1. The molecule has 0 bridgehead atoms. The Morgan fingerprint density at radius 1 is 1.45 bits per heavy atom. The highest BCUT2D eigenvalue weighted by atomic mass is 19.4. The molecule has 108 valence electrons. The van der Waals surface area contributed by atoms with Crippen LogP contribution in [0.5, 0.6) is 0 Å². The van der Waals surface area contributed by atoms with Crippen molar-refractivity contribution >= 4 is 5.97 Å². The number of carbonyl (C=O) groups is 1. The van der Waals surface area contributed by atoms with Crippen LogP contribution in [-0.2, 0) is 10.9 Å². The number of hydrogen-bond acceptors (Lipinski definition) is 5. The Morgan fingerprint density at radius 2 is 2.15 bits per heavy atom. The number of ether oxygens (including phenoxy) is 1. The van der Waals surface area contributed by atoms with E-state index in [1.807, 2.05) is 0 Å². The largest absolute Gasteiger partial charge is 0.460 e. The van der Waals surface area contributed by atoms with Crippen molar-refractivity contribution in [1.29, 1.82) is 0 Å². The molecule has 2 rings (SSSR count). The van der Waals surface area contributed by atoms with Crippen LogP contribution >= 0.6 is 0 Å². The molecule has 0 radical (unpaired) electrons. The summed E-state index contributed by atoms with van der Waals surface area (Å²) in [6.07, 6.45) is -3.55. The van der Waals surface area contributed by atoms with Crippen molar-refractivity contribution < 1.29 is 31.5 Å². The molecule has 0 fully saturated rings. The number of halogens is 3. The first-order valence-electron chi connectivity index (χ1n) is 5.64. The van der Waals surface area contributed by atoms with Gasteiger partial charge in [-0.15, -0.1) is 0 Å². The highest BCUT2D eigenvalue weighted by Gasteiger charge is 2.42. The third-order valence-electron chi connectivity index (χ3n) is 2.41. The van der Waals surface area contributed by atoms with Gasteiger partial charge in [0.1, 0.15) is 0 Å². The normalized spacial score (nSPS) is 11.7. The predicted octanol–water partition coefficient (Wildman–Crippen LogP) is 3.44. The monoisotopic (exact) mass is 289 g/mol. The van der Waals surface area contributed by atoms with E-state index in [0.717, 1.165) is 0 Å². The maximum absolute atomic E-state index is 12.8. The lowest BCUT2D eigenvalue weighted by Gasteiger charge is -2.03. The average Bonchev–Trinajstić information content (AvgIpc) is 2.94. The van der Waals surface area contributed by atoms with E-state index in [-0.39, 0.29) is 12.4 Å². The van der Waals surface area contributed by atoms with Gasteiger partial charge in [0.2, 0.25) is 5.76 Å². The molecular formula is C12H10F3NO4. The third kappa shape index (κ3) is 2.54. The Kier molecular flexibility index (Phi) is 3.56. The molecule has 5 nitrogen and oxygen atoms in total. The maximum atomic E-state index is 12.8. The summed E-state index contributed by atoms with van der Waals surface area (Å²) in [7, 11) is 0. The van der Waals surface area contributed by atoms with Crippen molar-refractivity contribution in [2.24, 2.45) is 0 Å². The van der Waals surface area contributed by atoms with E-state index in [9.17, 15) is 18.0 Å². The standard InChI is InChI=1S/C12H10F3NO4/c1-3-18-11(17)8-9(12(13,14)15)16-10(20-8)7-6(2)4-5-19-7/h4-5H,3H2,1-2H3. The SMILES string of the molecule is CCOC(=O)c1oc(-c2occc2C)nc1C(F)(F)F. The Labute approximate surface area is 111 Å². The van der Waals surface area contributed by atoms with Crippen molar-refractivity contribution in [1.82, 2.24) is 4.98 Å². The van der Waals surface area contributed by atoms with Crippen LogP contribution in [0.15, 0.2) is 21.2 Å². The van der Waals surface area contributed by atoms with E-state index in [2.05, 4.69) is 9.72 Å². The zero-order chi connectivity index (χ0) is 14.9. The molecule has 0 atom stereocenters. The molecule has 0 amide bonds. The summed E-state index contributed by atoms with van der Waals surface area (Å²) in [4.78, 5) is 14.8. The summed E-state index contributed by atoms with van der Waals surface area (Å²) < 4.78 is 52.9. The van der Waals surface area contributed by atoms with Gasteiger partial charge >= 0.3 is 12.1 Å². The Bertz CT molecular complexity index is 627. The molecule has 0 saturated carbocycles. The second kappa shape index (κ2) is 5.03. The van der Waals surface area contributed by atoms with Gasteiger partial charge in [0.25, 0.3) is 5.89 Å². The van der Waals surface area contributed by atoms with E-state index in [1.165, 1.54) is 19.3 Å². The van der Waals surface area contributed by atoms with Gasteiger partial charge < -0.3 is 13.6 Å². The highest BCUT2D eigenvalue weighted by Crippen LogP contribution is 2.35. The minimum absolute atomic E-state index is 0.0334. The number of alkyl halides is 3. The average molecular weight is 289 g/mol. The Hall–Kier alpha value is -2.25. The Morgan fingerprint density at radius 3 is 2.65 bits per heavy atom. The van der Waals surface area contributed by atoms with Crippen LogP contribution in [0.3, 0.4) is 0 Å². The summed E-state index contributed by atoms with van der Waals surface area (Å²) in [5.74, 6) is -2.58.